The number of nitrogens with one attached hydrogen (secondary N) is 1. The van der Waals surface area contributed by atoms with Gasteiger partial charge in [-0.05, 0) is 70.8 Å². The summed E-state index contributed by atoms with van der Waals surface area (Å²) in [6, 6.07) is 2.19. The van der Waals surface area contributed by atoms with Crippen molar-refractivity contribution in [2.45, 2.75) is 19.3 Å². The minimum Gasteiger partial charge on any atom is -0.316 e. The highest BCUT2D eigenvalue weighted by Crippen LogP contribution is 2.39. The molecule has 1 aliphatic heterocycles. The zero-order valence-corrected chi connectivity index (χ0v) is 11.4. The number of aromatic nitrogens is 1. The molecule has 2 atom stereocenters. The Morgan fingerprint density at radius 2 is 2.24 bits per heavy atom. The summed E-state index contributed by atoms with van der Waals surface area (Å²) in [5.74, 6) is 1.56. The van der Waals surface area contributed by atoms with Crippen LogP contribution in [-0.2, 0) is 0 Å². The van der Waals surface area contributed by atoms with Crippen molar-refractivity contribution in [1.29, 1.82) is 0 Å². The average molecular weight is 293 g/mol. The molecule has 1 fully saturated rings. The van der Waals surface area contributed by atoms with Crippen LogP contribution in [0.4, 0.5) is 0 Å². The molecule has 0 amide bonds. The number of fused-ring (bicyclic) bond motifs is 1. The Morgan fingerprint density at radius 3 is 3.12 bits per heavy atom. The third kappa shape index (κ3) is 2.31. The van der Waals surface area contributed by atoms with E-state index >= 15 is 0 Å². The van der Waals surface area contributed by atoms with E-state index in [2.05, 4.69) is 38.4 Å². The molecule has 1 N–H and O–H groups in total. The molecule has 0 saturated carbocycles. The lowest BCUT2D eigenvalue weighted by molar-refractivity contribution is 0.285. The Kier molecular flexibility index (Phi) is 3.30. The van der Waals surface area contributed by atoms with E-state index in [9.17, 15) is 0 Å². The van der Waals surface area contributed by atoms with E-state index in [-0.39, 0.29) is 0 Å². The lowest BCUT2D eigenvalue weighted by Crippen LogP contribution is -2.38. The second-order valence-corrected chi connectivity index (χ2v) is 5.90. The van der Waals surface area contributed by atoms with Crippen molar-refractivity contribution >= 4 is 21.5 Å². The maximum Gasteiger partial charge on any atom is 0.0410 e. The summed E-state index contributed by atoms with van der Waals surface area (Å²) in [4.78, 5) is 4.29. The molecule has 2 heterocycles. The fourth-order valence-corrected chi connectivity index (χ4v) is 3.49. The normalized spacial score (nSPS) is 28.4. The predicted molar refractivity (Wildman–Crippen MR) is 73.6 cm³/mol. The van der Waals surface area contributed by atoms with Crippen LogP contribution in [0.25, 0.3) is 5.57 Å². The molecule has 1 saturated heterocycles. The first-order valence-corrected chi connectivity index (χ1v) is 7.15. The van der Waals surface area contributed by atoms with E-state index in [1.165, 1.54) is 36.9 Å². The van der Waals surface area contributed by atoms with Gasteiger partial charge < -0.3 is 5.32 Å². The molecular weight excluding hydrogens is 276 g/mol. The molecule has 0 radical (unpaired) electrons. The first-order chi connectivity index (χ1) is 8.34. The average Bonchev–Trinajstić information content (AvgIpc) is 2.38. The van der Waals surface area contributed by atoms with Crippen molar-refractivity contribution in [2.24, 2.45) is 11.8 Å². The van der Waals surface area contributed by atoms with Crippen molar-refractivity contribution in [3.63, 3.8) is 0 Å². The number of nitrogens with zero attached hydrogens (tertiary/aromatic N) is 1. The summed E-state index contributed by atoms with van der Waals surface area (Å²) in [5, 5.41) is 3.53. The van der Waals surface area contributed by atoms with E-state index in [1.54, 1.807) is 0 Å². The molecule has 90 valence electrons. The van der Waals surface area contributed by atoms with Gasteiger partial charge in [-0.25, -0.2) is 0 Å². The van der Waals surface area contributed by atoms with Gasteiger partial charge in [0.2, 0.25) is 0 Å². The number of pyridine rings is 1. The van der Waals surface area contributed by atoms with Crippen LogP contribution in [0.1, 0.15) is 24.8 Å². The fourth-order valence-electron chi connectivity index (χ4n) is 3.13. The molecule has 1 aromatic heterocycles. The first-order valence-electron chi connectivity index (χ1n) is 6.36. The lowest BCUT2D eigenvalue weighted by Gasteiger charge is -2.37. The Bertz CT molecular complexity index is 442. The van der Waals surface area contributed by atoms with Gasteiger partial charge in [0.25, 0.3) is 0 Å². The minimum atomic E-state index is 0.689. The van der Waals surface area contributed by atoms with Crippen molar-refractivity contribution in [3.8, 4) is 0 Å². The summed E-state index contributed by atoms with van der Waals surface area (Å²) < 4.78 is 1.07. The van der Waals surface area contributed by atoms with Crippen LogP contribution in [0.2, 0.25) is 0 Å². The summed E-state index contributed by atoms with van der Waals surface area (Å²) >= 11 is 3.51. The Hall–Kier alpha value is -0.670. The largest absolute Gasteiger partial charge is 0.316 e. The van der Waals surface area contributed by atoms with Crippen LogP contribution < -0.4 is 5.32 Å². The van der Waals surface area contributed by atoms with Crippen molar-refractivity contribution in [3.05, 3.63) is 34.6 Å². The topological polar surface area (TPSA) is 24.9 Å². The van der Waals surface area contributed by atoms with Crippen LogP contribution in [0.3, 0.4) is 0 Å². The standard InChI is InChI=1S/C14H17BrN2/c15-12-6-11(7-17-8-12)13-3-1-2-10-4-5-16-9-14(10)13/h3,6-8,10,14,16H,1-2,4-5,9H2/t10-,14+/m0/s1. The molecule has 0 spiro atoms. The highest BCUT2D eigenvalue weighted by Gasteiger charge is 2.30. The van der Waals surface area contributed by atoms with E-state index in [0.29, 0.717) is 5.92 Å². The number of hydrogen-bond acceptors (Lipinski definition) is 2. The smallest absolute Gasteiger partial charge is 0.0410 e. The third-order valence-corrected chi connectivity index (χ3v) is 4.40. The molecule has 17 heavy (non-hydrogen) atoms. The summed E-state index contributed by atoms with van der Waals surface area (Å²) in [7, 11) is 0. The SMILES string of the molecule is Brc1cncc(C2=CCC[C@H]3CCNC[C@@H]23)c1. The van der Waals surface area contributed by atoms with Crippen molar-refractivity contribution < 1.29 is 0 Å². The zero-order valence-electron chi connectivity index (χ0n) is 9.82. The van der Waals surface area contributed by atoms with E-state index in [0.717, 1.165) is 16.9 Å². The van der Waals surface area contributed by atoms with Crippen LogP contribution in [-0.4, -0.2) is 18.1 Å². The van der Waals surface area contributed by atoms with Gasteiger partial charge in [0.1, 0.15) is 0 Å². The number of allylic oxidation sites excluding steroid dienone is 1. The summed E-state index contributed by atoms with van der Waals surface area (Å²) in [6.45, 7) is 2.31. The van der Waals surface area contributed by atoms with Crippen LogP contribution >= 0.6 is 15.9 Å². The maximum absolute atomic E-state index is 4.29. The molecule has 0 aromatic carbocycles. The number of halogens is 1. The highest BCUT2D eigenvalue weighted by atomic mass is 79.9. The fraction of sp³-hybridized carbons (Fsp3) is 0.500. The zero-order chi connectivity index (χ0) is 11.7. The molecule has 1 aromatic rings. The number of rotatable bonds is 1. The molecule has 1 aliphatic carbocycles. The van der Waals surface area contributed by atoms with Crippen LogP contribution in [0.15, 0.2) is 29.0 Å². The molecule has 0 bridgehead atoms. The van der Waals surface area contributed by atoms with Gasteiger partial charge in [0.05, 0.1) is 0 Å². The van der Waals surface area contributed by atoms with Crippen LogP contribution in [0.5, 0.6) is 0 Å². The van der Waals surface area contributed by atoms with E-state index in [1.807, 2.05) is 12.4 Å². The minimum absolute atomic E-state index is 0.689. The quantitative estimate of drug-likeness (QED) is 0.859. The third-order valence-electron chi connectivity index (χ3n) is 3.96. The van der Waals surface area contributed by atoms with E-state index in [4.69, 9.17) is 0 Å². The Morgan fingerprint density at radius 1 is 1.29 bits per heavy atom. The monoisotopic (exact) mass is 292 g/mol. The number of piperidine rings is 1. The first kappa shape index (κ1) is 11.4. The lowest BCUT2D eigenvalue weighted by atomic mass is 9.73. The number of hydrogen-bond donors (Lipinski definition) is 1. The van der Waals surface area contributed by atoms with E-state index < -0.39 is 0 Å². The summed E-state index contributed by atoms with van der Waals surface area (Å²) in [5.41, 5.74) is 2.79. The molecule has 0 unspecified atom stereocenters. The summed E-state index contributed by atoms with van der Waals surface area (Å²) in [6.07, 6.45) is 10.2. The molecule has 3 heteroatoms. The van der Waals surface area contributed by atoms with Crippen molar-refractivity contribution in [1.82, 2.24) is 10.3 Å². The van der Waals surface area contributed by atoms with Gasteiger partial charge in [-0.1, -0.05) is 6.08 Å². The molecule has 3 rings (SSSR count). The second-order valence-electron chi connectivity index (χ2n) is 4.99. The second kappa shape index (κ2) is 4.91. The Balaban J connectivity index is 1.93. The molecular formula is C14H17BrN2. The van der Waals surface area contributed by atoms with Gasteiger partial charge in [-0.2, -0.15) is 0 Å². The Labute approximate surface area is 111 Å². The maximum atomic E-state index is 4.29. The van der Waals surface area contributed by atoms with Crippen molar-refractivity contribution in [2.75, 3.05) is 13.1 Å². The van der Waals surface area contributed by atoms with Gasteiger partial charge in [0, 0.05) is 23.4 Å². The molecule has 2 aliphatic rings. The van der Waals surface area contributed by atoms with Gasteiger partial charge in [-0.3, -0.25) is 4.98 Å². The van der Waals surface area contributed by atoms with Crippen LogP contribution in [0, 0.1) is 11.8 Å². The van der Waals surface area contributed by atoms with Gasteiger partial charge >= 0.3 is 0 Å². The van der Waals surface area contributed by atoms with Gasteiger partial charge in [-0.15, -0.1) is 0 Å². The predicted octanol–water partition coefficient (Wildman–Crippen LogP) is 3.25. The molecule has 2 nitrogen and oxygen atoms in total. The highest BCUT2D eigenvalue weighted by molar-refractivity contribution is 9.10. The van der Waals surface area contributed by atoms with Gasteiger partial charge in [0.15, 0.2) is 0 Å².